The largest absolute Gasteiger partial charge is 0.467 e. The average molecular weight is 306 g/mol. The first kappa shape index (κ1) is 16.4. The molecule has 3 N–H and O–H groups in total. The highest BCUT2D eigenvalue weighted by Gasteiger charge is 2.15. The first-order chi connectivity index (χ1) is 10.8. The molecule has 1 saturated carbocycles. The molecule has 0 radical (unpaired) electrons. The van der Waals surface area contributed by atoms with Crippen LogP contribution in [-0.2, 0) is 11.3 Å². The SMILES string of the molecule is CCNC(=NCC(=O)NC1CCCCC1)NCc1ccco1. The van der Waals surface area contributed by atoms with E-state index in [2.05, 4.69) is 20.9 Å². The van der Waals surface area contributed by atoms with E-state index in [-0.39, 0.29) is 12.5 Å². The van der Waals surface area contributed by atoms with Gasteiger partial charge in [-0.15, -0.1) is 0 Å². The summed E-state index contributed by atoms with van der Waals surface area (Å²) in [5.41, 5.74) is 0. The van der Waals surface area contributed by atoms with Crippen molar-refractivity contribution in [3.8, 4) is 0 Å². The third-order valence-corrected chi connectivity index (χ3v) is 3.71. The number of hydrogen-bond donors (Lipinski definition) is 3. The molecule has 6 heteroatoms. The fourth-order valence-corrected chi connectivity index (χ4v) is 2.60. The first-order valence-electron chi connectivity index (χ1n) is 8.12. The predicted molar refractivity (Wildman–Crippen MR) is 86.5 cm³/mol. The van der Waals surface area contributed by atoms with Gasteiger partial charge in [-0.05, 0) is 31.9 Å². The van der Waals surface area contributed by atoms with Crippen molar-refractivity contribution >= 4 is 11.9 Å². The van der Waals surface area contributed by atoms with Crippen LogP contribution in [0.2, 0.25) is 0 Å². The lowest BCUT2D eigenvalue weighted by Crippen LogP contribution is -2.40. The molecule has 1 fully saturated rings. The third-order valence-electron chi connectivity index (χ3n) is 3.71. The molecule has 1 aliphatic carbocycles. The second-order valence-corrected chi connectivity index (χ2v) is 5.53. The quantitative estimate of drug-likeness (QED) is 0.553. The maximum atomic E-state index is 12.0. The van der Waals surface area contributed by atoms with Gasteiger partial charge in [0.25, 0.3) is 0 Å². The van der Waals surface area contributed by atoms with Crippen molar-refractivity contribution in [1.82, 2.24) is 16.0 Å². The minimum absolute atomic E-state index is 0.0119. The monoisotopic (exact) mass is 306 g/mol. The molecule has 22 heavy (non-hydrogen) atoms. The number of rotatable bonds is 6. The van der Waals surface area contributed by atoms with Crippen LogP contribution in [-0.4, -0.2) is 31.0 Å². The van der Waals surface area contributed by atoms with Gasteiger partial charge < -0.3 is 20.4 Å². The minimum Gasteiger partial charge on any atom is -0.467 e. The second kappa shape index (κ2) is 9.12. The first-order valence-corrected chi connectivity index (χ1v) is 8.12. The molecule has 1 aromatic heterocycles. The number of nitrogens with zero attached hydrogens (tertiary/aromatic N) is 1. The van der Waals surface area contributed by atoms with Crippen molar-refractivity contribution in [2.75, 3.05) is 13.1 Å². The van der Waals surface area contributed by atoms with Crippen LogP contribution in [0, 0.1) is 0 Å². The zero-order valence-corrected chi connectivity index (χ0v) is 13.2. The Morgan fingerprint density at radius 3 is 2.82 bits per heavy atom. The fourth-order valence-electron chi connectivity index (χ4n) is 2.60. The molecule has 0 saturated heterocycles. The van der Waals surface area contributed by atoms with Gasteiger partial charge in [-0.3, -0.25) is 4.79 Å². The van der Waals surface area contributed by atoms with Gasteiger partial charge in [0, 0.05) is 12.6 Å². The Hall–Kier alpha value is -1.98. The summed E-state index contributed by atoms with van der Waals surface area (Å²) in [4.78, 5) is 16.3. The Morgan fingerprint density at radius 1 is 1.32 bits per heavy atom. The highest BCUT2D eigenvalue weighted by Crippen LogP contribution is 2.17. The van der Waals surface area contributed by atoms with Gasteiger partial charge in [-0.2, -0.15) is 0 Å². The Kier molecular flexibility index (Phi) is 6.80. The van der Waals surface area contributed by atoms with E-state index in [0.29, 0.717) is 18.5 Å². The lowest BCUT2D eigenvalue weighted by Gasteiger charge is -2.22. The molecule has 0 aliphatic heterocycles. The van der Waals surface area contributed by atoms with E-state index in [1.165, 1.54) is 19.3 Å². The number of nitrogens with one attached hydrogen (secondary N) is 3. The smallest absolute Gasteiger partial charge is 0.242 e. The molecule has 1 amide bonds. The van der Waals surface area contributed by atoms with E-state index in [0.717, 1.165) is 25.1 Å². The number of carbonyl (C=O) groups is 1. The van der Waals surface area contributed by atoms with E-state index in [9.17, 15) is 4.79 Å². The van der Waals surface area contributed by atoms with Gasteiger partial charge in [0.1, 0.15) is 12.3 Å². The van der Waals surface area contributed by atoms with E-state index in [1.807, 2.05) is 19.1 Å². The zero-order chi connectivity index (χ0) is 15.6. The van der Waals surface area contributed by atoms with Crippen LogP contribution in [0.5, 0.6) is 0 Å². The lowest BCUT2D eigenvalue weighted by atomic mass is 9.95. The summed E-state index contributed by atoms with van der Waals surface area (Å²) in [5.74, 6) is 1.44. The molecular weight excluding hydrogens is 280 g/mol. The maximum Gasteiger partial charge on any atom is 0.242 e. The van der Waals surface area contributed by atoms with Crippen LogP contribution in [0.1, 0.15) is 44.8 Å². The number of amides is 1. The average Bonchev–Trinajstić information content (AvgIpc) is 3.04. The Morgan fingerprint density at radius 2 is 2.14 bits per heavy atom. The van der Waals surface area contributed by atoms with Crippen molar-refractivity contribution in [3.05, 3.63) is 24.2 Å². The summed E-state index contributed by atoms with van der Waals surface area (Å²) < 4.78 is 5.26. The minimum atomic E-state index is -0.0119. The van der Waals surface area contributed by atoms with Crippen LogP contribution >= 0.6 is 0 Å². The molecule has 0 atom stereocenters. The van der Waals surface area contributed by atoms with Crippen molar-refractivity contribution in [2.45, 2.75) is 51.6 Å². The van der Waals surface area contributed by atoms with Crippen LogP contribution < -0.4 is 16.0 Å². The molecule has 0 unspecified atom stereocenters. The van der Waals surface area contributed by atoms with E-state index in [4.69, 9.17) is 4.42 Å². The summed E-state index contributed by atoms with van der Waals surface area (Å²) in [6.07, 6.45) is 7.52. The highest BCUT2D eigenvalue weighted by molar-refractivity contribution is 5.84. The van der Waals surface area contributed by atoms with Crippen LogP contribution in [0.4, 0.5) is 0 Å². The molecule has 6 nitrogen and oxygen atoms in total. The summed E-state index contributed by atoms with van der Waals surface area (Å²) in [7, 11) is 0. The molecular formula is C16H26N4O2. The lowest BCUT2D eigenvalue weighted by molar-refractivity contribution is -0.120. The van der Waals surface area contributed by atoms with Crippen molar-refractivity contribution in [1.29, 1.82) is 0 Å². The number of furan rings is 1. The van der Waals surface area contributed by atoms with Gasteiger partial charge in [0.2, 0.25) is 5.91 Å². The summed E-state index contributed by atoms with van der Waals surface area (Å²) in [6, 6.07) is 4.07. The second-order valence-electron chi connectivity index (χ2n) is 5.53. The Labute approximate surface area is 131 Å². The Bertz CT molecular complexity index is 465. The van der Waals surface area contributed by atoms with E-state index < -0.39 is 0 Å². The molecule has 0 bridgehead atoms. The standard InChI is InChI=1S/C16H26N4O2/c1-2-17-16(18-11-14-9-6-10-22-14)19-12-15(21)20-13-7-4-3-5-8-13/h6,9-10,13H,2-5,7-8,11-12H2,1H3,(H,20,21)(H2,17,18,19). The van der Waals surface area contributed by atoms with Crippen LogP contribution in [0.15, 0.2) is 27.8 Å². The maximum absolute atomic E-state index is 12.0. The molecule has 2 rings (SSSR count). The third kappa shape index (κ3) is 5.79. The number of guanidine groups is 1. The zero-order valence-electron chi connectivity index (χ0n) is 13.2. The highest BCUT2D eigenvalue weighted by atomic mass is 16.3. The van der Waals surface area contributed by atoms with Gasteiger partial charge >= 0.3 is 0 Å². The molecule has 1 aromatic rings. The Balaban J connectivity index is 1.76. The number of hydrogen-bond acceptors (Lipinski definition) is 3. The van der Waals surface area contributed by atoms with Gasteiger partial charge in [-0.1, -0.05) is 19.3 Å². The predicted octanol–water partition coefficient (Wildman–Crippen LogP) is 1.78. The molecule has 0 aromatic carbocycles. The summed E-state index contributed by atoms with van der Waals surface area (Å²) in [5, 5.41) is 9.33. The topological polar surface area (TPSA) is 78.7 Å². The van der Waals surface area contributed by atoms with Crippen LogP contribution in [0.25, 0.3) is 0 Å². The molecule has 122 valence electrons. The molecule has 1 aliphatic rings. The van der Waals surface area contributed by atoms with E-state index >= 15 is 0 Å². The number of carbonyl (C=O) groups excluding carboxylic acids is 1. The fraction of sp³-hybridized carbons (Fsp3) is 0.625. The van der Waals surface area contributed by atoms with Crippen molar-refractivity contribution in [2.24, 2.45) is 4.99 Å². The molecule has 1 heterocycles. The normalized spacial score (nSPS) is 16.3. The molecule has 0 spiro atoms. The van der Waals surface area contributed by atoms with Crippen LogP contribution in [0.3, 0.4) is 0 Å². The van der Waals surface area contributed by atoms with Gasteiger partial charge in [0.05, 0.1) is 12.8 Å². The van der Waals surface area contributed by atoms with Gasteiger partial charge in [-0.25, -0.2) is 4.99 Å². The summed E-state index contributed by atoms with van der Waals surface area (Å²) >= 11 is 0. The van der Waals surface area contributed by atoms with E-state index in [1.54, 1.807) is 6.26 Å². The van der Waals surface area contributed by atoms with Gasteiger partial charge in [0.15, 0.2) is 5.96 Å². The summed E-state index contributed by atoms with van der Waals surface area (Å²) in [6.45, 7) is 3.42. The van der Waals surface area contributed by atoms with Crippen molar-refractivity contribution < 1.29 is 9.21 Å². The number of aliphatic imine (C=N–C) groups is 1. The van der Waals surface area contributed by atoms with Crippen molar-refractivity contribution in [3.63, 3.8) is 0 Å².